The van der Waals surface area contributed by atoms with Gasteiger partial charge in [0, 0.05) is 23.2 Å². The zero-order chi connectivity index (χ0) is 19.9. The Kier molecular flexibility index (Phi) is 6.18. The maximum Gasteiger partial charge on any atom is 0.293 e. The van der Waals surface area contributed by atoms with Crippen molar-refractivity contribution in [3.8, 4) is 23.1 Å². The van der Waals surface area contributed by atoms with E-state index in [1.54, 1.807) is 17.6 Å². The second-order valence-electron chi connectivity index (χ2n) is 6.61. The molecule has 2 N–H and O–H groups in total. The Morgan fingerprint density at radius 2 is 1.57 bits per heavy atom. The van der Waals surface area contributed by atoms with Gasteiger partial charge in [0.15, 0.2) is 0 Å². The molecule has 0 saturated carbocycles. The Labute approximate surface area is 164 Å². The van der Waals surface area contributed by atoms with Gasteiger partial charge in [-0.15, -0.1) is 0 Å². The SMILES string of the molecule is CN(C)Cc1ccc(C#Cc2ccc(-c3cccc(C(=O)NO)n3)cc2)cc1. The Morgan fingerprint density at radius 3 is 2.14 bits per heavy atom. The molecule has 2 aromatic carbocycles. The molecule has 5 nitrogen and oxygen atoms in total. The fourth-order valence-electron chi connectivity index (χ4n) is 2.71. The Hall–Kier alpha value is -3.46. The molecule has 0 aliphatic rings. The van der Waals surface area contributed by atoms with Gasteiger partial charge in [0.05, 0.1) is 5.69 Å². The topological polar surface area (TPSA) is 65.5 Å². The first-order valence-electron chi connectivity index (χ1n) is 8.83. The van der Waals surface area contributed by atoms with Gasteiger partial charge in [-0.25, -0.2) is 10.5 Å². The normalized spacial score (nSPS) is 10.3. The van der Waals surface area contributed by atoms with Gasteiger partial charge in [-0.2, -0.15) is 0 Å². The number of hydroxylamine groups is 1. The van der Waals surface area contributed by atoms with Crippen molar-refractivity contribution in [3.63, 3.8) is 0 Å². The van der Waals surface area contributed by atoms with Gasteiger partial charge < -0.3 is 4.90 Å². The number of hydrogen-bond donors (Lipinski definition) is 2. The molecule has 0 saturated heterocycles. The molecule has 0 aliphatic heterocycles. The maximum absolute atomic E-state index is 11.5. The number of nitrogens with one attached hydrogen (secondary N) is 1. The first-order chi connectivity index (χ1) is 13.5. The highest BCUT2D eigenvalue weighted by atomic mass is 16.5. The number of carbonyl (C=O) groups is 1. The lowest BCUT2D eigenvalue weighted by molar-refractivity contribution is 0.0701. The highest BCUT2D eigenvalue weighted by Crippen LogP contribution is 2.18. The van der Waals surface area contributed by atoms with Crippen LogP contribution in [0.4, 0.5) is 0 Å². The smallest absolute Gasteiger partial charge is 0.293 e. The molecule has 0 spiro atoms. The van der Waals surface area contributed by atoms with Gasteiger partial charge in [-0.3, -0.25) is 10.0 Å². The van der Waals surface area contributed by atoms with Crippen LogP contribution >= 0.6 is 0 Å². The lowest BCUT2D eigenvalue weighted by atomic mass is 10.1. The first kappa shape index (κ1) is 19.3. The highest BCUT2D eigenvalue weighted by molar-refractivity contribution is 5.91. The molecule has 140 valence electrons. The molecular weight excluding hydrogens is 350 g/mol. The molecule has 0 aliphatic carbocycles. The molecule has 1 heterocycles. The zero-order valence-electron chi connectivity index (χ0n) is 15.8. The van der Waals surface area contributed by atoms with Crippen molar-refractivity contribution in [2.45, 2.75) is 6.54 Å². The summed E-state index contributed by atoms with van der Waals surface area (Å²) in [6.07, 6.45) is 0. The molecule has 0 bridgehead atoms. The average Bonchev–Trinajstić information content (AvgIpc) is 2.73. The molecule has 0 radical (unpaired) electrons. The summed E-state index contributed by atoms with van der Waals surface area (Å²) < 4.78 is 0. The van der Waals surface area contributed by atoms with Gasteiger partial charge in [0.2, 0.25) is 0 Å². The monoisotopic (exact) mass is 371 g/mol. The van der Waals surface area contributed by atoms with E-state index < -0.39 is 5.91 Å². The van der Waals surface area contributed by atoms with Crippen molar-refractivity contribution in [1.29, 1.82) is 0 Å². The van der Waals surface area contributed by atoms with Crippen LogP contribution in [0, 0.1) is 11.8 Å². The summed E-state index contributed by atoms with van der Waals surface area (Å²) in [5.41, 5.74) is 6.38. The van der Waals surface area contributed by atoms with Crippen molar-refractivity contribution in [1.82, 2.24) is 15.4 Å². The van der Waals surface area contributed by atoms with Crippen LogP contribution in [-0.4, -0.2) is 35.1 Å². The lowest BCUT2D eigenvalue weighted by Crippen LogP contribution is -2.19. The molecule has 3 aromatic rings. The van der Waals surface area contributed by atoms with Crippen molar-refractivity contribution in [2.75, 3.05) is 14.1 Å². The maximum atomic E-state index is 11.5. The fourth-order valence-corrected chi connectivity index (χ4v) is 2.71. The summed E-state index contributed by atoms with van der Waals surface area (Å²) >= 11 is 0. The van der Waals surface area contributed by atoms with E-state index in [0.717, 1.165) is 23.2 Å². The van der Waals surface area contributed by atoms with Crippen LogP contribution in [0.25, 0.3) is 11.3 Å². The van der Waals surface area contributed by atoms with E-state index in [1.807, 2.05) is 56.6 Å². The number of pyridine rings is 1. The van der Waals surface area contributed by atoms with Crippen LogP contribution in [0.3, 0.4) is 0 Å². The van der Waals surface area contributed by atoms with Crippen LogP contribution in [0.15, 0.2) is 66.7 Å². The van der Waals surface area contributed by atoms with E-state index in [-0.39, 0.29) is 5.69 Å². The zero-order valence-corrected chi connectivity index (χ0v) is 15.8. The molecule has 0 unspecified atom stereocenters. The number of carbonyl (C=O) groups excluding carboxylic acids is 1. The van der Waals surface area contributed by atoms with Crippen LogP contribution in [0.5, 0.6) is 0 Å². The third-order valence-corrected chi connectivity index (χ3v) is 4.07. The largest absolute Gasteiger partial charge is 0.305 e. The summed E-state index contributed by atoms with van der Waals surface area (Å²) in [5.74, 6) is 5.70. The highest BCUT2D eigenvalue weighted by Gasteiger charge is 2.07. The number of amides is 1. The fraction of sp³-hybridized carbons (Fsp3) is 0.130. The molecule has 3 rings (SSSR count). The molecule has 0 atom stereocenters. The van der Waals surface area contributed by atoms with Gasteiger partial charge in [0.25, 0.3) is 5.91 Å². The molecular formula is C23H21N3O2. The van der Waals surface area contributed by atoms with Crippen LogP contribution < -0.4 is 5.48 Å². The minimum absolute atomic E-state index is 0.154. The van der Waals surface area contributed by atoms with Gasteiger partial charge in [0.1, 0.15) is 5.69 Å². The van der Waals surface area contributed by atoms with Crippen molar-refractivity contribution >= 4 is 5.91 Å². The van der Waals surface area contributed by atoms with Crippen molar-refractivity contribution < 1.29 is 10.0 Å². The molecule has 5 heteroatoms. The van der Waals surface area contributed by atoms with Crippen molar-refractivity contribution in [2.24, 2.45) is 0 Å². The van der Waals surface area contributed by atoms with Crippen LogP contribution in [-0.2, 0) is 6.54 Å². The van der Waals surface area contributed by atoms with E-state index in [0.29, 0.717) is 5.69 Å². The second-order valence-corrected chi connectivity index (χ2v) is 6.61. The summed E-state index contributed by atoms with van der Waals surface area (Å²) in [6.45, 7) is 0.907. The Bertz CT molecular complexity index is 1010. The third kappa shape index (κ3) is 5.04. The van der Waals surface area contributed by atoms with Crippen molar-refractivity contribution in [3.05, 3.63) is 89.1 Å². The minimum Gasteiger partial charge on any atom is -0.305 e. The van der Waals surface area contributed by atoms with E-state index in [4.69, 9.17) is 5.21 Å². The second kappa shape index (κ2) is 8.96. The molecule has 0 fully saturated rings. The first-order valence-corrected chi connectivity index (χ1v) is 8.83. The van der Waals surface area contributed by atoms with E-state index in [1.165, 1.54) is 5.56 Å². The molecule has 1 amide bonds. The van der Waals surface area contributed by atoms with Gasteiger partial charge in [-0.1, -0.05) is 42.2 Å². The quantitative estimate of drug-likeness (QED) is 0.419. The van der Waals surface area contributed by atoms with Crippen LogP contribution in [0.1, 0.15) is 27.2 Å². The standard InChI is InChI=1S/C23H21N3O2/c1-26(2)16-19-10-8-17(9-11-19)6-7-18-12-14-20(15-13-18)21-4-3-5-22(24-21)23(27)25-28/h3-5,8-15,28H,16H2,1-2H3,(H,25,27). The minimum atomic E-state index is -0.638. The molecule has 28 heavy (non-hydrogen) atoms. The summed E-state index contributed by atoms with van der Waals surface area (Å²) in [7, 11) is 4.09. The Balaban J connectivity index is 1.74. The van der Waals surface area contributed by atoms with E-state index in [9.17, 15) is 4.79 Å². The summed E-state index contributed by atoms with van der Waals surface area (Å²) in [5, 5.41) is 8.74. The number of benzene rings is 2. The number of aromatic nitrogens is 1. The van der Waals surface area contributed by atoms with E-state index >= 15 is 0 Å². The predicted octanol–water partition coefficient (Wildman–Crippen LogP) is 3.33. The number of rotatable bonds is 4. The third-order valence-electron chi connectivity index (χ3n) is 4.07. The number of nitrogens with zero attached hydrogens (tertiary/aromatic N) is 2. The van der Waals surface area contributed by atoms with Crippen LogP contribution in [0.2, 0.25) is 0 Å². The summed E-state index contributed by atoms with van der Waals surface area (Å²) in [6, 6.07) is 21.0. The average molecular weight is 371 g/mol. The van der Waals surface area contributed by atoms with E-state index in [2.05, 4.69) is 33.9 Å². The lowest BCUT2D eigenvalue weighted by Gasteiger charge is -2.08. The van der Waals surface area contributed by atoms with Gasteiger partial charge >= 0.3 is 0 Å². The Morgan fingerprint density at radius 1 is 0.964 bits per heavy atom. The number of hydrogen-bond acceptors (Lipinski definition) is 4. The molecule has 1 aromatic heterocycles. The van der Waals surface area contributed by atoms with Gasteiger partial charge in [-0.05, 0) is 56.1 Å². The predicted molar refractivity (Wildman–Crippen MR) is 109 cm³/mol. The summed E-state index contributed by atoms with van der Waals surface area (Å²) in [4.78, 5) is 17.9.